The predicted molar refractivity (Wildman–Crippen MR) is 72.6 cm³/mol. The average Bonchev–Trinajstić information content (AvgIpc) is 2.35. The zero-order valence-corrected chi connectivity index (χ0v) is 11.1. The van der Waals surface area contributed by atoms with Gasteiger partial charge in [-0.1, -0.05) is 19.9 Å². The Morgan fingerprint density at radius 1 is 1.37 bits per heavy atom. The van der Waals surface area contributed by atoms with Gasteiger partial charge >= 0.3 is 0 Å². The van der Waals surface area contributed by atoms with Crippen molar-refractivity contribution in [3.63, 3.8) is 0 Å². The fraction of sp³-hybridized carbons (Fsp3) is 0.385. The highest BCUT2D eigenvalue weighted by atomic mass is 16.5. The number of ether oxygens (including phenoxy) is 1. The molecular formula is C13H19N3O3. The van der Waals surface area contributed by atoms with Gasteiger partial charge in [0.2, 0.25) is 5.91 Å². The molecule has 0 bridgehead atoms. The normalized spacial score (nSPS) is 12.0. The van der Waals surface area contributed by atoms with Gasteiger partial charge in [-0.2, -0.15) is 0 Å². The van der Waals surface area contributed by atoms with Crippen LogP contribution in [0.2, 0.25) is 0 Å². The first-order chi connectivity index (χ1) is 8.90. The summed E-state index contributed by atoms with van der Waals surface area (Å²) in [4.78, 5) is 22.4. The largest absolute Gasteiger partial charge is 0.484 e. The Labute approximate surface area is 112 Å². The van der Waals surface area contributed by atoms with Crippen LogP contribution in [0.25, 0.3) is 0 Å². The van der Waals surface area contributed by atoms with Crippen molar-refractivity contribution < 1.29 is 14.3 Å². The minimum Gasteiger partial charge on any atom is -0.484 e. The molecule has 0 fully saturated rings. The fourth-order valence-corrected chi connectivity index (χ4v) is 1.35. The van der Waals surface area contributed by atoms with E-state index in [0.29, 0.717) is 11.4 Å². The number of anilines is 1. The first-order valence-electron chi connectivity index (χ1n) is 5.97. The second kappa shape index (κ2) is 6.75. The average molecular weight is 265 g/mol. The van der Waals surface area contributed by atoms with Crippen molar-refractivity contribution in [2.45, 2.75) is 19.9 Å². The Morgan fingerprint density at radius 3 is 2.63 bits per heavy atom. The van der Waals surface area contributed by atoms with Crippen molar-refractivity contribution in [1.29, 1.82) is 0 Å². The molecule has 19 heavy (non-hydrogen) atoms. The molecule has 0 aliphatic carbocycles. The van der Waals surface area contributed by atoms with Crippen LogP contribution < -0.4 is 21.5 Å². The van der Waals surface area contributed by atoms with E-state index >= 15 is 0 Å². The molecule has 1 aromatic rings. The van der Waals surface area contributed by atoms with E-state index in [1.807, 2.05) is 13.8 Å². The van der Waals surface area contributed by atoms with Gasteiger partial charge in [0.15, 0.2) is 6.61 Å². The molecule has 0 saturated carbocycles. The van der Waals surface area contributed by atoms with Crippen LogP contribution in [0.3, 0.4) is 0 Å². The van der Waals surface area contributed by atoms with E-state index in [1.54, 1.807) is 24.3 Å². The third-order valence-corrected chi connectivity index (χ3v) is 2.50. The molecule has 0 spiro atoms. The maximum Gasteiger partial charge on any atom is 0.255 e. The van der Waals surface area contributed by atoms with Crippen molar-refractivity contribution in [3.8, 4) is 5.75 Å². The lowest BCUT2D eigenvalue weighted by atomic mass is 10.0. The first kappa shape index (κ1) is 15.0. The molecule has 1 rings (SSSR count). The molecule has 6 heteroatoms. The maximum absolute atomic E-state index is 11.8. The van der Waals surface area contributed by atoms with Gasteiger partial charge in [-0.05, 0) is 18.1 Å². The van der Waals surface area contributed by atoms with Gasteiger partial charge in [0.1, 0.15) is 5.75 Å². The van der Waals surface area contributed by atoms with Gasteiger partial charge in [-0.3, -0.25) is 9.59 Å². The standard InChI is InChI=1S/C13H19N3O3/c1-8(2)12(15)13(18)16-9-4-3-5-10(6-9)19-7-11(14)17/h3-6,8,12H,7,15H2,1-2H3,(H2,14,17)(H,16,18). The highest BCUT2D eigenvalue weighted by molar-refractivity contribution is 5.95. The highest BCUT2D eigenvalue weighted by Gasteiger charge is 2.17. The van der Waals surface area contributed by atoms with Gasteiger partial charge in [0.25, 0.3) is 5.91 Å². The number of rotatable bonds is 6. The topological polar surface area (TPSA) is 107 Å². The lowest BCUT2D eigenvalue weighted by Crippen LogP contribution is -2.39. The van der Waals surface area contributed by atoms with Crippen LogP contribution in [0.15, 0.2) is 24.3 Å². The molecule has 0 heterocycles. The van der Waals surface area contributed by atoms with E-state index in [4.69, 9.17) is 16.2 Å². The molecule has 5 N–H and O–H groups in total. The number of hydrogen-bond donors (Lipinski definition) is 3. The van der Waals surface area contributed by atoms with Crippen LogP contribution in [-0.2, 0) is 9.59 Å². The molecule has 0 radical (unpaired) electrons. The van der Waals surface area contributed by atoms with Crippen molar-refractivity contribution in [2.24, 2.45) is 17.4 Å². The Kier molecular flexibility index (Phi) is 5.32. The molecule has 1 atom stereocenters. The summed E-state index contributed by atoms with van der Waals surface area (Å²) in [5.41, 5.74) is 11.3. The second-order valence-electron chi connectivity index (χ2n) is 4.54. The van der Waals surface area contributed by atoms with Crippen LogP contribution in [0.4, 0.5) is 5.69 Å². The molecule has 0 aromatic heterocycles. The minimum atomic E-state index is -0.574. The Morgan fingerprint density at radius 2 is 2.05 bits per heavy atom. The van der Waals surface area contributed by atoms with Crippen LogP contribution in [-0.4, -0.2) is 24.5 Å². The van der Waals surface area contributed by atoms with Gasteiger partial charge in [-0.15, -0.1) is 0 Å². The summed E-state index contributed by atoms with van der Waals surface area (Å²) in [6, 6.07) is 6.11. The Hall–Kier alpha value is -2.08. The number of nitrogens with two attached hydrogens (primary N) is 2. The SMILES string of the molecule is CC(C)C(N)C(=O)Nc1cccc(OCC(N)=O)c1. The minimum absolute atomic E-state index is 0.0503. The van der Waals surface area contributed by atoms with Gasteiger partial charge in [0.05, 0.1) is 6.04 Å². The summed E-state index contributed by atoms with van der Waals surface area (Å²) in [5.74, 6) is -0.317. The summed E-state index contributed by atoms with van der Waals surface area (Å²) in [6.45, 7) is 3.54. The number of carbonyl (C=O) groups excluding carboxylic acids is 2. The Balaban J connectivity index is 2.66. The third kappa shape index (κ3) is 4.97. The van der Waals surface area contributed by atoms with Crippen molar-refractivity contribution >= 4 is 17.5 Å². The first-order valence-corrected chi connectivity index (χ1v) is 5.97. The van der Waals surface area contributed by atoms with E-state index in [9.17, 15) is 9.59 Å². The number of nitrogens with one attached hydrogen (secondary N) is 1. The number of amides is 2. The number of hydrogen-bond acceptors (Lipinski definition) is 4. The third-order valence-electron chi connectivity index (χ3n) is 2.50. The Bertz CT molecular complexity index is 460. The van der Waals surface area contributed by atoms with Crippen LogP contribution in [0.5, 0.6) is 5.75 Å². The van der Waals surface area contributed by atoms with Crippen molar-refractivity contribution in [2.75, 3.05) is 11.9 Å². The van der Waals surface area contributed by atoms with E-state index in [1.165, 1.54) is 0 Å². The number of benzene rings is 1. The molecule has 6 nitrogen and oxygen atoms in total. The molecule has 0 aliphatic rings. The van der Waals surface area contributed by atoms with Crippen molar-refractivity contribution in [1.82, 2.24) is 0 Å². The zero-order valence-electron chi connectivity index (χ0n) is 11.1. The van der Waals surface area contributed by atoms with Gasteiger partial charge in [-0.25, -0.2) is 0 Å². The monoisotopic (exact) mass is 265 g/mol. The highest BCUT2D eigenvalue weighted by Crippen LogP contribution is 2.17. The van der Waals surface area contributed by atoms with E-state index < -0.39 is 11.9 Å². The molecule has 1 aromatic carbocycles. The molecule has 0 aliphatic heterocycles. The second-order valence-corrected chi connectivity index (χ2v) is 4.54. The molecule has 104 valence electrons. The quantitative estimate of drug-likeness (QED) is 0.695. The lowest BCUT2D eigenvalue weighted by Gasteiger charge is -2.15. The lowest BCUT2D eigenvalue weighted by molar-refractivity contribution is -0.120. The van der Waals surface area contributed by atoms with Crippen molar-refractivity contribution in [3.05, 3.63) is 24.3 Å². The van der Waals surface area contributed by atoms with E-state index in [2.05, 4.69) is 5.32 Å². The number of primary amides is 1. The maximum atomic E-state index is 11.8. The summed E-state index contributed by atoms with van der Waals surface area (Å²) in [5, 5.41) is 2.69. The summed E-state index contributed by atoms with van der Waals surface area (Å²) in [7, 11) is 0. The fourth-order valence-electron chi connectivity index (χ4n) is 1.35. The van der Waals surface area contributed by atoms with Gasteiger partial charge in [0, 0.05) is 11.8 Å². The van der Waals surface area contributed by atoms with Crippen LogP contribution in [0.1, 0.15) is 13.8 Å². The molecule has 2 amide bonds. The molecule has 1 unspecified atom stereocenters. The molecule has 0 saturated heterocycles. The molecular weight excluding hydrogens is 246 g/mol. The van der Waals surface area contributed by atoms with E-state index in [-0.39, 0.29) is 18.4 Å². The summed E-state index contributed by atoms with van der Waals surface area (Å²) < 4.78 is 5.14. The zero-order chi connectivity index (χ0) is 14.4. The predicted octanol–water partition coefficient (Wildman–Crippen LogP) is 0.472. The van der Waals surface area contributed by atoms with Crippen LogP contribution >= 0.6 is 0 Å². The summed E-state index contributed by atoms with van der Waals surface area (Å²) in [6.07, 6.45) is 0. The van der Waals surface area contributed by atoms with E-state index in [0.717, 1.165) is 0 Å². The summed E-state index contributed by atoms with van der Waals surface area (Å²) >= 11 is 0. The van der Waals surface area contributed by atoms with Crippen LogP contribution in [0, 0.1) is 5.92 Å². The number of carbonyl (C=O) groups is 2. The van der Waals surface area contributed by atoms with Gasteiger partial charge < -0.3 is 21.5 Å². The smallest absolute Gasteiger partial charge is 0.255 e.